The van der Waals surface area contributed by atoms with Crippen LogP contribution in [0.3, 0.4) is 0 Å². The highest BCUT2D eigenvalue weighted by Crippen LogP contribution is 2.42. The van der Waals surface area contributed by atoms with Crippen molar-refractivity contribution in [3.8, 4) is 16.3 Å². The topological polar surface area (TPSA) is 77.0 Å². The number of benzene rings is 1. The summed E-state index contributed by atoms with van der Waals surface area (Å²) in [6.45, 7) is 0. The molecule has 1 aliphatic rings. The number of methoxy groups -OCH3 is 1. The van der Waals surface area contributed by atoms with Gasteiger partial charge >= 0.3 is 0 Å². The molecule has 0 bridgehead atoms. The second-order valence-corrected chi connectivity index (χ2v) is 7.69. The molecule has 1 fully saturated rings. The second-order valence-electron chi connectivity index (χ2n) is 5.82. The Morgan fingerprint density at radius 3 is 3.04 bits per heavy atom. The van der Waals surface area contributed by atoms with Crippen molar-refractivity contribution in [1.29, 1.82) is 0 Å². The van der Waals surface area contributed by atoms with E-state index in [9.17, 15) is 4.79 Å². The van der Waals surface area contributed by atoms with Crippen molar-refractivity contribution >= 4 is 33.7 Å². The van der Waals surface area contributed by atoms with Gasteiger partial charge in [0.05, 0.1) is 19.2 Å². The minimum Gasteiger partial charge on any atom is -0.497 e. The summed E-state index contributed by atoms with van der Waals surface area (Å²) in [5, 5.41) is 15.3. The molecule has 3 aromatic rings. The molecule has 128 valence electrons. The van der Waals surface area contributed by atoms with Crippen molar-refractivity contribution < 1.29 is 9.53 Å². The maximum atomic E-state index is 12.2. The number of hydrogen-bond acceptors (Lipinski definition) is 7. The van der Waals surface area contributed by atoms with E-state index in [1.54, 1.807) is 7.11 Å². The Hall–Kier alpha value is -2.32. The van der Waals surface area contributed by atoms with Gasteiger partial charge in [-0.15, -0.1) is 21.5 Å². The van der Waals surface area contributed by atoms with E-state index in [1.165, 1.54) is 35.5 Å². The average molecular weight is 372 g/mol. The Bertz CT molecular complexity index is 901. The number of carbonyl (C=O) groups is 1. The number of hydrogen-bond donors (Lipinski definition) is 1. The third-order valence-corrected chi connectivity index (χ3v) is 5.77. The van der Waals surface area contributed by atoms with Crippen LogP contribution >= 0.6 is 22.7 Å². The van der Waals surface area contributed by atoms with Crippen molar-refractivity contribution in [3.05, 3.63) is 40.3 Å². The minimum absolute atomic E-state index is 0.124. The molecule has 1 aliphatic carbocycles. The maximum Gasteiger partial charge on any atom is 0.232 e. The molecule has 0 radical (unpaired) electrons. The number of aromatic nitrogens is 3. The molecule has 2 heterocycles. The summed E-state index contributed by atoms with van der Waals surface area (Å²) in [5.41, 5.74) is 1.72. The standard InChI is InChI=1S/C17H16N4O2S2/c1-23-13-4-2-3-11(7-13)15-18-12(9-24-15)8-14(22)19-17-21-20-16(25-17)10-5-6-10/h2-4,7,9-10H,5-6,8H2,1H3,(H,19,21,22). The third kappa shape index (κ3) is 3.85. The first-order valence-corrected chi connectivity index (χ1v) is 9.63. The number of ether oxygens (including phenoxy) is 1. The highest BCUT2D eigenvalue weighted by atomic mass is 32.1. The van der Waals surface area contributed by atoms with Crippen molar-refractivity contribution in [2.45, 2.75) is 25.2 Å². The molecule has 1 N–H and O–H groups in total. The van der Waals surface area contributed by atoms with E-state index < -0.39 is 0 Å². The van der Waals surface area contributed by atoms with Crippen LogP contribution in [0.25, 0.3) is 10.6 Å². The van der Waals surface area contributed by atoms with Gasteiger partial charge in [-0.3, -0.25) is 4.79 Å². The lowest BCUT2D eigenvalue weighted by Crippen LogP contribution is -2.14. The molecule has 0 saturated heterocycles. The number of nitrogens with one attached hydrogen (secondary N) is 1. The molecule has 4 rings (SSSR count). The summed E-state index contributed by atoms with van der Waals surface area (Å²) in [7, 11) is 1.64. The summed E-state index contributed by atoms with van der Waals surface area (Å²) in [6, 6.07) is 7.73. The number of rotatable bonds is 6. The first kappa shape index (κ1) is 16.2. The summed E-state index contributed by atoms with van der Waals surface area (Å²) in [5.74, 6) is 1.21. The van der Waals surface area contributed by atoms with Crippen LogP contribution < -0.4 is 10.1 Å². The fraction of sp³-hybridized carbons (Fsp3) is 0.294. The average Bonchev–Trinajstić information content (AvgIpc) is 3.20. The lowest BCUT2D eigenvalue weighted by atomic mass is 10.2. The minimum atomic E-state index is -0.124. The van der Waals surface area contributed by atoms with E-state index in [0.717, 1.165) is 27.0 Å². The first-order valence-electron chi connectivity index (χ1n) is 7.93. The third-order valence-electron chi connectivity index (χ3n) is 3.82. The quantitative estimate of drug-likeness (QED) is 0.713. The van der Waals surface area contributed by atoms with Gasteiger partial charge in [-0.25, -0.2) is 4.98 Å². The van der Waals surface area contributed by atoms with E-state index in [0.29, 0.717) is 11.0 Å². The predicted octanol–water partition coefficient (Wildman–Crippen LogP) is 3.73. The summed E-state index contributed by atoms with van der Waals surface area (Å²) < 4.78 is 5.24. The van der Waals surface area contributed by atoms with Gasteiger partial charge in [0.2, 0.25) is 11.0 Å². The van der Waals surface area contributed by atoms with Crippen LogP contribution in [-0.4, -0.2) is 28.2 Å². The van der Waals surface area contributed by atoms with Crippen molar-refractivity contribution in [2.75, 3.05) is 12.4 Å². The van der Waals surface area contributed by atoms with Crippen LogP contribution in [0.15, 0.2) is 29.6 Å². The number of nitrogens with zero attached hydrogens (tertiary/aromatic N) is 3. The van der Waals surface area contributed by atoms with Gasteiger partial charge in [-0.2, -0.15) is 0 Å². The molecule has 1 aromatic carbocycles. The molecule has 6 nitrogen and oxygen atoms in total. The van der Waals surface area contributed by atoms with Gasteiger partial charge in [0.25, 0.3) is 0 Å². The van der Waals surface area contributed by atoms with E-state index in [2.05, 4.69) is 20.5 Å². The van der Waals surface area contributed by atoms with E-state index in [-0.39, 0.29) is 12.3 Å². The number of amides is 1. The number of anilines is 1. The van der Waals surface area contributed by atoms with Crippen LogP contribution in [0, 0.1) is 0 Å². The summed E-state index contributed by atoms with van der Waals surface area (Å²) in [4.78, 5) is 16.7. The highest BCUT2D eigenvalue weighted by Gasteiger charge is 2.27. The Morgan fingerprint density at radius 2 is 2.24 bits per heavy atom. The van der Waals surface area contributed by atoms with E-state index >= 15 is 0 Å². The molecule has 2 aromatic heterocycles. The fourth-order valence-corrected chi connectivity index (χ4v) is 4.13. The SMILES string of the molecule is COc1cccc(-c2nc(CC(=O)Nc3nnc(C4CC4)s3)cs2)c1. The zero-order chi connectivity index (χ0) is 17.2. The van der Waals surface area contributed by atoms with Crippen molar-refractivity contribution in [3.63, 3.8) is 0 Å². The van der Waals surface area contributed by atoms with E-state index in [1.807, 2.05) is 29.6 Å². The molecule has 25 heavy (non-hydrogen) atoms. The zero-order valence-electron chi connectivity index (χ0n) is 13.6. The lowest BCUT2D eigenvalue weighted by molar-refractivity contribution is -0.115. The van der Waals surface area contributed by atoms with Crippen molar-refractivity contribution in [1.82, 2.24) is 15.2 Å². The molecule has 8 heteroatoms. The van der Waals surface area contributed by atoms with Crippen molar-refractivity contribution in [2.24, 2.45) is 0 Å². The van der Waals surface area contributed by atoms with Gasteiger partial charge in [-0.05, 0) is 25.0 Å². The first-order chi connectivity index (χ1) is 12.2. The largest absolute Gasteiger partial charge is 0.497 e. The Balaban J connectivity index is 1.40. The van der Waals surface area contributed by atoms with Crippen LogP contribution in [0.1, 0.15) is 29.5 Å². The van der Waals surface area contributed by atoms with Crippen LogP contribution in [0.5, 0.6) is 5.75 Å². The Morgan fingerprint density at radius 1 is 1.36 bits per heavy atom. The van der Waals surface area contributed by atoms with E-state index in [4.69, 9.17) is 4.74 Å². The lowest BCUT2D eigenvalue weighted by Gasteiger charge is -2.01. The normalized spacial score (nSPS) is 13.6. The van der Waals surface area contributed by atoms with Gasteiger partial charge in [0.15, 0.2) is 0 Å². The number of thiazole rings is 1. The molecular formula is C17H16N4O2S2. The maximum absolute atomic E-state index is 12.2. The molecule has 0 unspecified atom stereocenters. The summed E-state index contributed by atoms with van der Waals surface area (Å²) >= 11 is 2.98. The van der Waals surface area contributed by atoms with Crippen LogP contribution in [0.4, 0.5) is 5.13 Å². The van der Waals surface area contributed by atoms with Gasteiger partial charge in [-0.1, -0.05) is 23.5 Å². The second kappa shape index (κ2) is 6.89. The highest BCUT2D eigenvalue weighted by molar-refractivity contribution is 7.15. The Labute approximate surface area is 152 Å². The van der Waals surface area contributed by atoms with Gasteiger partial charge in [0.1, 0.15) is 15.8 Å². The smallest absolute Gasteiger partial charge is 0.232 e. The monoisotopic (exact) mass is 372 g/mol. The molecule has 1 saturated carbocycles. The fourth-order valence-electron chi connectivity index (χ4n) is 2.39. The predicted molar refractivity (Wildman–Crippen MR) is 98.3 cm³/mol. The zero-order valence-corrected chi connectivity index (χ0v) is 15.2. The molecular weight excluding hydrogens is 356 g/mol. The Kier molecular flexibility index (Phi) is 4.46. The van der Waals surface area contributed by atoms with Crippen LogP contribution in [-0.2, 0) is 11.2 Å². The molecule has 0 atom stereocenters. The molecule has 0 spiro atoms. The molecule has 0 aliphatic heterocycles. The van der Waals surface area contributed by atoms with Crippen LogP contribution in [0.2, 0.25) is 0 Å². The molecule has 1 amide bonds. The van der Waals surface area contributed by atoms with Gasteiger partial charge < -0.3 is 10.1 Å². The number of carbonyl (C=O) groups excluding carboxylic acids is 1. The van der Waals surface area contributed by atoms with Gasteiger partial charge in [0, 0.05) is 16.9 Å². The summed E-state index contributed by atoms with van der Waals surface area (Å²) in [6.07, 6.45) is 2.57.